The van der Waals surface area contributed by atoms with E-state index in [1.165, 1.54) is 5.56 Å². The van der Waals surface area contributed by atoms with Crippen LogP contribution in [0, 0.1) is 5.92 Å². The van der Waals surface area contributed by atoms with Gasteiger partial charge in [-0.25, -0.2) is 0 Å². The second kappa shape index (κ2) is 8.43. The Labute approximate surface area is 149 Å². The molecule has 0 spiro atoms. The summed E-state index contributed by atoms with van der Waals surface area (Å²) in [6.07, 6.45) is 7.45. The highest BCUT2D eigenvalue weighted by Gasteiger charge is 2.37. The lowest BCUT2D eigenvalue weighted by Crippen LogP contribution is -2.46. The van der Waals surface area contributed by atoms with E-state index in [0.717, 1.165) is 51.9 Å². The summed E-state index contributed by atoms with van der Waals surface area (Å²) in [7, 11) is 0. The summed E-state index contributed by atoms with van der Waals surface area (Å²) in [5.41, 5.74) is 1.17. The zero-order valence-corrected chi connectivity index (χ0v) is 15.0. The third kappa shape index (κ3) is 4.57. The summed E-state index contributed by atoms with van der Waals surface area (Å²) in [4.78, 5) is 33.2. The molecule has 25 heavy (non-hydrogen) atoms. The Morgan fingerprint density at radius 3 is 2.92 bits per heavy atom. The lowest BCUT2D eigenvalue weighted by Gasteiger charge is -2.31. The van der Waals surface area contributed by atoms with Crippen LogP contribution in [0.4, 0.5) is 0 Å². The van der Waals surface area contributed by atoms with Crippen LogP contribution in [0.25, 0.3) is 0 Å². The van der Waals surface area contributed by atoms with E-state index >= 15 is 0 Å². The molecule has 1 aliphatic heterocycles. The lowest BCUT2D eigenvalue weighted by atomic mass is 10.0. The number of hydrogen-bond acceptors (Lipinski definition) is 4. The van der Waals surface area contributed by atoms with Crippen molar-refractivity contribution < 1.29 is 9.59 Å². The van der Waals surface area contributed by atoms with Crippen LogP contribution in [0.3, 0.4) is 0 Å². The van der Waals surface area contributed by atoms with Gasteiger partial charge >= 0.3 is 0 Å². The predicted molar refractivity (Wildman–Crippen MR) is 95.7 cm³/mol. The molecule has 2 amide bonds. The third-order valence-electron chi connectivity index (χ3n) is 5.35. The van der Waals surface area contributed by atoms with Gasteiger partial charge in [0, 0.05) is 58.1 Å². The Bertz CT molecular complexity index is 592. The SMILES string of the molecule is CC(=O)N1CCCN(Cc2cccnc2)CCNC(=O)[C@@H]2CCC[C@@H]21. The van der Waals surface area contributed by atoms with Gasteiger partial charge in [0.05, 0.1) is 5.92 Å². The Hall–Kier alpha value is -1.95. The van der Waals surface area contributed by atoms with Gasteiger partial charge in [0.15, 0.2) is 0 Å². The zero-order valence-electron chi connectivity index (χ0n) is 15.0. The highest BCUT2D eigenvalue weighted by molar-refractivity contribution is 5.81. The molecule has 1 N–H and O–H groups in total. The maximum Gasteiger partial charge on any atom is 0.225 e. The first kappa shape index (κ1) is 17.9. The molecule has 1 saturated carbocycles. The molecule has 6 heteroatoms. The molecule has 3 rings (SSSR count). The number of fused-ring (bicyclic) bond motifs is 1. The van der Waals surface area contributed by atoms with Gasteiger partial charge in [-0.2, -0.15) is 0 Å². The summed E-state index contributed by atoms with van der Waals surface area (Å²) >= 11 is 0. The quantitative estimate of drug-likeness (QED) is 0.881. The summed E-state index contributed by atoms with van der Waals surface area (Å²) in [5, 5.41) is 3.09. The second-order valence-corrected chi connectivity index (χ2v) is 7.10. The number of nitrogens with one attached hydrogen (secondary N) is 1. The summed E-state index contributed by atoms with van der Waals surface area (Å²) < 4.78 is 0. The molecule has 1 aromatic heterocycles. The first-order valence-corrected chi connectivity index (χ1v) is 9.31. The molecule has 6 nitrogen and oxygen atoms in total. The second-order valence-electron chi connectivity index (χ2n) is 7.10. The van der Waals surface area contributed by atoms with Gasteiger partial charge in [0.1, 0.15) is 0 Å². The van der Waals surface area contributed by atoms with Crippen molar-refractivity contribution in [3.63, 3.8) is 0 Å². The molecule has 0 aromatic carbocycles. The van der Waals surface area contributed by atoms with Crippen LogP contribution >= 0.6 is 0 Å². The first-order chi connectivity index (χ1) is 12.1. The van der Waals surface area contributed by atoms with Crippen molar-refractivity contribution in [2.45, 2.75) is 45.2 Å². The van der Waals surface area contributed by atoms with Crippen LogP contribution in [0.1, 0.15) is 38.2 Å². The van der Waals surface area contributed by atoms with Crippen LogP contribution in [0.5, 0.6) is 0 Å². The van der Waals surface area contributed by atoms with Gasteiger partial charge in [-0.15, -0.1) is 0 Å². The number of pyridine rings is 1. The maximum absolute atomic E-state index is 12.6. The van der Waals surface area contributed by atoms with E-state index in [4.69, 9.17) is 0 Å². The Kier molecular flexibility index (Phi) is 6.02. The van der Waals surface area contributed by atoms with Crippen molar-refractivity contribution in [2.75, 3.05) is 26.2 Å². The number of carbonyl (C=O) groups excluding carboxylic acids is 2. The van der Waals surface area contributed by atoms with Crippen LogP contribution in [-0.2, 0) is 16.1 Å². The molecule has 2 fully saturated rings. The Morgan fingerprint density at radius 2 is 2.16 bits per heavy atom. The van der Waals surface area contributed by atoms with Crippen molar-refractivity contribution in [3.8, 4) is 0 Å². The largest absolute Gasteiger partial charge is 0.355 e. The van der Waals surface area contributed by atoms with Crippen molar-refractivity contribution in [3.05, 3.63) is 30.1 Å². The van der Waals surface area contributed by atoms with E-state index in [-0.39, 0.29) is 23.8 Å². The van der Waals surface area contributed by atoms with E-state index in [0.29, 0.717) is 6.54 Å². The van der Waals surface area contributed by atoms with Crippen molar-refractivity contribution in [1.29, 1.82) is 0 Å². The monoisotopic (exact) mass is 344 g/mol. The lowest BCUT2D eigenvalue weighted by molar-refractivity contribution is -0.134. The van der Waals surface area contributed by atoms with Crippen LogP contribution in [0.15, 0.2) is 24.5 Å². The molecule has 2 aliphatic rings. The van der Waals surface area contributed by atoms with Gasteiger partial charge in [0.2, 0.25) is 11.8 Å². The molecule has 1 aliphatic carbocycles. The highest BCUT2D eigenvalue weighted by atomic mass is 16.2. The minimum atomic E-state index is -0.0474. The fourth-order valence-electron chi connectivity index (χ4n) is 4.13. The average Bonchev–Trinajstić information content (AvgIpc) is 3.07. The van der Waals surface area contributed by atoms with Crippen LogP contribution in [-0.4, -0.2) is 58.8 Å². The third-order valence-corrected chi connectivity index (χ3v) is 5.35. The van der Waals surface area contributed by atoms with Gasteiger partial charge < -0.3 is 10.2 Å². The number of nitrogens with zero attached hydrogens (tertiary/aromatic N) is 3. The van der Waals surface area contributed by atoms with E-state index < -0.39 is 0 Å². The van der Waals surface area contributed by atoms with E-state index in [1.807, 2.05) is 17.2 Å². The van der Waals surface area contributed by atoms with Crippen molar-refractivity contribution >= 4 is 11.8 Å². The van der Waals surface area contributed by atoms with Gasteiger partial charge in [-0.3, -0.25) is 19.5 Å². The summed E-state index contributed by atoms with van der Waals surface area (Å²) in [6, 6.07) is 4.09. The standard InChI is InChI=1S/C19H28N4O2/c1-15(24)23-11-4-10-22(14-16-5-3-8-20-13-16)12-9-21-19(25)17-6-2-7-18(17)23/h3,5,8,13,17-18H,2,4,6-7,9-12,14H2,1H3,(H,21,25)/t17-,18+/m1/s1. The van der Waals surface area contributed by atoms with E-state index in [2.05, 4.69) is 21.3 Å². The van der Waals surface area contributed by atoms with Gasteiger partial charge in [0.25, 0.3) is 0 Å². The minimum Gasteiger partial charge on any atom is -0.355 e. The van der Waals surface area contributed by atoms with Crippen molar-refractivity contribution in [2.24, 2.45) is 5.92 Å². The smallest absolute Gasteiger partial charge is 0.225 e. The first-order valence-electron chi connectivity index (χ1n) is 9.31. The minimum absolute atomic E-state index is 0.0474. The van der Waals surface area contributed by atoms with Crippen molar-refractivity contribution in [1.82, 2.24) is 20.1 Å². The Balaban J connectivity index is 1.69. The zero-order chi connectivity index (χ0) is 17.6. The molecule has 1 aromatic rings. The summed E-state index contributed by atoms with van der Waals surface area (Å²) in [6.45, 7) is 5.55. The average molecular weight is 344 g/mol. The van der Waals surface area contributed by atoms with E-state index in [9.17, 15) is 9.59 Å². The predicted octanol–water partition coefficient (Wildman–Crippen LogP) is 1.42. The number of rotatable bonds is 2. The molecular weight excluding hydrogens is 316 g/mol. The fourth-order valence-corrected chi connectivity index (χ4v) is 4.13. The summed E-state index contributed by atoms with van der Waals surface area (Å²) in [5.74, 6) is 0.147. The maximum atomic E-state index is 12.6. The topological polar surface area (TPSA) is 65.5 Å². The Morgan fingerprint density at radius 1 is 1.28 bits per heavy atom. The van der Waals surface area contributed by atoms with Crippen LogP contribution in [0.2, 0.25) is 0 Å². The molecule has 136 valence electrons. The molecule has 2 heterocycles. The fraction of sp³-hybridized carbons (Fsp3) is 0.632. The van der Waals surface area contributed by atoms with E-state index in [1.54, 1.807) is 13.1 Å². The van der Waals surface area contributed by atoms with Crippen LogP contribution < -0.4 is 5.32 Å². The normalized spacial score (nSPS) is 25.8. The molecular formula is C19H28N4O2. The van der Waals surface area contributed by atoms with Gasteiger partial charge in [-0.05, 0) is 30.9 Å². The van der Waals surface area contributed by atoms with Gasteiger partial charge in [-0.1, -0.05) is 12.5 Å². The number of aromatic nitrogens is 1. The molecule has 2 atom stereocenters. The molecule has 0 unspecified atom stereocenters. The highest BCUT2D eigenvalue weighted by Crippen LogP contribution is 2.30. The number of amides is 2. The number of carbonyl (C=O) groups is 2. The molecule has 0 bridgehead atoms. The molecule has 1 saturated heterocycles. The molecule has 0 radical (unpaired) electrons. The number of hydrogen-bond donors (Lipinski definition) is 1.